The predicted octanol–water partition coefficient (Wildman–Crippen LogP) is 1.40. The molecule has 0 unspecified atom stereocenters. The van der Waals surface area contributed by atoms with Crippen molar-refractivity contribution in [3.63, 3.8) is 0 Å². The molecule has 17 heavy (non-hydrogen) atoms. The van der Waals surface area contributed by atoms with Crippen molar-refractivity contribution >= 4 is 23.2 Å². The van der Waals surface area contributed by atoms with Crippen LogP contribution in [0.4, 0.5) is 5.69 Å². The molecule has 0 saturated carbocycles. The molecule has 2 N–H and O–H groups in total. The van der Waals surface area contributed by atoms with Gasteiger partial charge >= 0.3 is 0 Å². The largest absolute Gasteiger partial charge is 0.495 e. The monoisotopic (exact) mass is 253 g/mol. The number of benzene rings is 1. The third-order valence-corrected chi connectivity index (χ3v) is 2.20. The lowest BCUT2D eigenvalue weighted by Gasteiger charge is -2.10. The van der Waals surface area contributed by atoms with Gasteiger partial charge in [-0.1, -0.05) is 11.6 Å². The molecule has 6 heteroatoms. The number of halogens is 1. The standard InChI is InChI=1S/C11H12ClN3O2/c1-17-10-3-2-8(12)6-9(10)15-7-11(16)14-5-4-13/h2-3,6,15H,5,7H2,1H3,(H,14,16). The number of ether oxygens (including phenoxy) is 1. The third-order valence-electron chi connectivity index (χ3n) is 1.97. The molecule has 0 heterocycles. The predicted molar refractivity (Wildman–Crippen MR) is 65.1 cm³/mol. The van der Waals surface area contributed by atoms with Crippen LogP contribution in [0.5, 0.6) is 5.75 Å². The highest BCUT2D eigenvalue weighted by atomic mass is 35.5. The number of carbonyl (C=O) groups is 1. The van der Waals surface area contributed by atoms with Crippen LogP contribution >= 0.6 is 11.6 Å². The van der Waals surface area contributed by atoms with E-state index in [9.17, 15) is 4.79 Å². The Morgan fingerprint density at radius 1 is 1.59 bits per heavy atom. The van der Waals surface area contributed by atoms with Gasteiger partial charge in [-0.05, 0) is 18.2 Å². The third kappa shape index (κ3) is 4.21. The molecule has 0 aromatic heterocycles. The summed E-state index contributed by atoms with van der Waals surface area (Å²) < 4.78 is 5.11. The summed E-state index contributed by atoms with van der Waals surface area (Å²) >= 11 is 5.83. The van der Waals surface area contributed by atoms with Crippen molar-refractivity contribution in [3.8, 4) is 11.8 Å². The van der Waals surface area contributed by atoms with E-state index < -0.39 is 0 Å². The first-order valence-electron chi connectivity index (χ1n) is 4.88. The zero-order chi connectivity index (χ0) is 12.7. The van der Waals surface area contributed by atoms with Crippen molar-refractivity contribution in [2.45, 2.75) is 0 Å². The molecule has 1 aromatic carbocycles. The van der Waals surface area contributed by atoms with Crippen LogP contribution in [0.15, 0.2) is 18.2 Å². The number of anilines is 1. The first-order chi connectivity index (χ1) is 8.17. The molecule has 5 nitrogen and oxygen atoms in total. The lowest BCUT2D eigenvalue weighted by molar-refractivity contribution is -0.119. The Labute approximate surface area is 104 Å². The normalized spacial score (nSPS) is 9.24. The van der Waals surface area contributed by atoms with E-state index in [-0.39, 0.29) is 19.0 Å². The average Bonchev–Trinajstić information content (AvgIpc) is 2.34. The maximum Gasteiger partial charge on any atom is 0.240 e. The van der Waals surface area contributed by atoms with Gasteiger partial charge in [0.25, 0.3) is 0 Å². The molecule has 0 atom stereocenters. The van der Waals surface area contributed by atoms with E-state index in [0.29, 0.717) is 16.5 Å². The maximum atomic E-state index is 11.3. The molecule has 1 aromatic rings. The quantitative estimate of drug-likeness (QED) is 0.778. The Balaban J connectivity index is 2.59. The minimum absolute atomic E-state index is 0.00675. The van der Waals surface area contributed by atoms with Crippen LogP contribution in [0.3, 0.4) is 0 Å². The van der Waals surface area contributed by atoms with Crippen LogP contribution in [0.2, 0.25) is 5.02 Å². The molecule has 1 amide bonds. The van der Waals surface area contributed by atoms with E-state index >= 15 is 0 Å². The number of nitriles is 1. The van der Waals surface area contributed by atoms with Crippen molar-refractivity contribution in [2.75, 3.05) is 25.5 Å². The van der Waals surface area contributed by atoms with Gasteiger partial charge in [0.15, 0.2) is 0 Å². The molecule has 0 bridgehead atoms. The lowest BCUT2D eigenvalue weighted by atomic mass is 10.3. The molecule has 0 spiro atoms. The molecular weight excluding hydrogens is 242 g/mol. The second kappa shape index (κ2) is 6.61. The number of hydrogen-bond donors (Lipinski definition) is 2. The van der Waals surface area contributed by atoms with Crippen LogP contribution in [0.25, 0.3) is 0 Å². The highest BCUT2D eigenvalue weighted by molar-refractivity contribution is 6.30. The van der Waals surface area contributed by atoms with E-state index in [4.69, 9.17) is 21.6 Å². The first-order valence-corrected chi connectivity index (χ1v) is 5.26. The second-order valence-electron chi connectivity index (χ2n) is 3.13. The van der Waals surface area contributed by atoms with Crippen molar-refractivity contribution in [1.29, 1.82) is 5.26 Å². The number of amides is 1. The number of carbonyl (C=O) groups excluding carboxylic acids is 1. The Hall–Kier alpha value is -1.93. The first kappa shape index (κ1) is 13.1. The SMILES string of the molecule is COc1ccc(Cl)cc1NCC(=O)NCC#N. The molecule has 90 valence electrons. The highest BCUT2D eigenvalue weighted by Gasteiger charge is 2.05. The van der Waals surface area contributed by atoms with Gasteiger partial charge in [0.05, 0.1) is 25.4 Å². The van der Waals surface area contributed by atoms with Gasteiger partial charge in [0.1, 0.15) is 12.3 Å². The summed E-state index contributed by atoms with van der Waals surface area (Å²) in [7, 11) is 1.53. The van der Waals surface area contributed by atoms with Crippen LogP contribution in [-0.4, -0.2) is 26.1 Å². The lowest BCUT2D eigenvalue weighted by Crippen LogP contribution is -2.30. The summed E-state index contributed by atoms with van der Waals surface area (Å²) in [5, 5.41) is 14.1. The number of hydrogen-bond acceptors (Lipinski definition) is 4. The van der Waals surface area contributed by atoms with Gasteiger partial charge in [-0.15, -0.1) is 0 Å². The molecular formula is C11H12ClN3O2. The van der Waals surface area contributed by atoms with Gasteiger partial charge in [-0.25, -0.2) is 0 Å². The zero-order valence-corrected chi connectivity index (χ0v) is 10.0. The van der Waals surface area contributed by atoms with Crippen LogP contribution in [0.1, 0.15) is 0 Å². The molecule has 0 aliphatic heterocycles. The van der Waals surface area contributed by atoms with Crippen molar-refractivity contribution in [1.82, 2.24) is 5.32 Å². The topological polar surface area (TPSA) is 74.2 Å². The summed E-state index contributed by atoms with van der Waals surface area (Å²) in [6.45, 7) is 0.0472. The van der Waals surface area contributed by atoms with E-state index in [1.807, 2.05) is 6.07 Å². The zero-order valence-electron chi connectivity index (χ0n) is 9.29. The number of nitrogens with zero attached hydrogens (tertiary/aromatic N) is 1. The number of rotatable bonds is 5. The summed E-state index contributed by atoms with van der Waals surface area (Å²) in [6, 6.07) is 6.89. The van der Waals surface area contributed by atoms with Gasteiger partial charge in [0.2, 0.25) is 5.91 Å². The van der Waals surface area contributed by atoms with Gasteiger partial charge in [0, 0.05) is 5.02 Å². The van der Waals surface area contributed by atoms with Crippen molar-refractivity contribution < 1.29 is 9.53 Å². The Kier molecular flexibility index (Phi) is 5.11. The van der Waals surface area contributed by atoms with E-state index in [2.05, 4.69) is 10.6 Å². The second-order valence-corrected chi connectivity index (χ2v) is 3.57. The summed E-state index contributed by atoms with van der Waals surface area (Å²) in [5.41, 5.74) is 0.632. The summed E-state index contributed by atoms with van der Waals surface area (Å²) in [4.78, 5) is 11.3. The molecule has 1 rings (SSSR count). The molecule has 0 fully saturated rings. The fourth-order valence-electron chi connectivity index (χ4n) is 1.19. The Morgan fingerprint density at radius 2 is 2.35 bits per heavy atom. The molecule has 0 saturated heterocycles. The fourth-order valence-corrected chi connectivity index (χ4v) is 1.37. The van der Waals surface area contributed by atoms with Crippen LogP contribution in [0, 0.1) is 11.3 Å². The van der Waals surface area contributed by atoms with Gasteiger partial charge in [-0.3, -0.25) is 4.79 Å². The number of nitrogens with one attached hydrogen (secondary N) is 2. The minimum atomic E-state index is -0.270. The summed E-state index contributed by atoms with van der Waals surface area (Å²) in [6.07, 6.45) is 0. The fraction of sp³-hybridized carbons (Fsp3) is 0.273. The highest BCUT2D eigenvalue weighted by Crippen LogP contribution is 2.27. The average molecular weight is 254 g/mol. The van der Waals surface area contributed by atoms with Crippen LogP contribution < -0.4 is 15.4 Å². The van der Waals surface area contributed by atoms with E-state index in [0.717, 1.165) is 0 Å². The molecule has 0 aliphatic carbocycles. The maximum absolute atomic E-state index is 11.3. The van der Waals surface area contributed by atoms with E-state index in [1.165, 1.54) is 7.11 Å². The van der Waals surface area contributed by atoms with Crippen molar-refractivity contribution in [3.05, 3.63) is 23.2 Å². The molecule has 0 radical (unpaired) electrons. The van der Waals surface area contributed by atoms with E-state index in [1.54, 1.807) is 18.2 Å². The van der Waals surface area contributed by atoms with Crippen molar-refractivity contribution in [2.24, 2.45) is 0 Å². The molecule has 0 aliphatic rings. The van der Waals surface area contributed by atoms with Crippen LogP contribution in [-0.2, 0) is 4.79 Å². The minimum Gasteiger partial charge on any atom is -0.495 e. The van der Waals surface area contributed by atoms with Gasteiger partial charge in [-0.2, -0.15) is 5.26 Å². The smallest absolute Gasteiger partial charge is 0.240 e. The summed E-state index contributed by atoms with van der Waals surface area (Å²) in [5.74, 6) is 0.330. The van der Waals surface area contributed by atoms with Gasteiger partial charge < -0.3 is 15.4 Å². The Morgan fingerprint density at radius 3 is 3.00 bits per heavy atom. The number of methoxy groups -OCH3 is 1. The Bertz CT molecular complexity index is 443.